The van der Waals surface area contributed by atoms with E-state index >= 15 is 0 Å². The van der Waals surface area contributed by atoms with E-state index in [-0.39, 0.29) is 32.1 Å². The molecule has 0 aliphatic heterocycles. The first-order chi connectivity index (χ1) is 11.9. The van der Waals surface area contributed by atoms with Gasteiger partial charge < -0.3 is 18.9 Å². The molecule has 0 saturated heterocycles. The van der Waals surface area contributed by atoms with Crippen LogP contribution in [-0.4, -0.2) is 43.8 Å². The first kappa shape index (κ1) is 20.8. The summed E-state index contributed by atoms with van der Waals surface area (Å²) in [5.41, 5.74) is -0.626. The predicted octanol–water partition coefficient (Wildman–Crippen LogP) is 2.17. The molecule has 0 saturated carbocycles. The Balaban J connectivity index is 2.50. The number of esters is 1. The molecular weight excluding hydrogens is 348 g/mol. The second kappa shape index (κ2) is 10.6. The van der Waals surface area contributed by atoms with Crippen molar-refractivity contribution in [1.29, 1.82) is 0 Å². The molecule has 0 aliphatic carbocycles. The van der Waals surface area contributed by atoms with Crippen LogP contribution in [0.3, 0.4) is 0 Å². The Morgan fingerprint density at radius 1 is 1.20 bits per heavy atom. The lowest BCUT2D eigenvalue weighted by molar-refractivity contribution is -0.154. The van der Waals surface area contributed by atoms with E-state index in [9.17, 15) is 14.4 Å². The fourth-order valence-corrected chi connectivity index (χ4v) is 2.75. The molecule has 1 rings (SSSR count). The molecule has 0 N–H and O–H groups in total. The van der Waals surface area contributed by atoms with E-state index in [1.54, 1.807) is 33.1 Å². The minimum atomic E-state index is -0.803. The fourth-order valence-electron chi connectivity index (χ4n) is 1.73. The van der Waals surface area contributed by atoms with E-state index in [2.05, 4.69) is 4.74 Å². The monoisotopic (exact) mass is 370 g/mol. The number of hydrogen-bond donors (Lipinski definition) is 0. The third-order valence-corrected chi connectivity index (χ3v) is 4.73. The highest BCUT2D eigenvalue weighted by Crippen LogP contribution is 2.27. The van der Waals surface area contributed by atoms with Crippen molar-refractivity contribution < 1.29 is 33.3 Å². The molecule has 0 heterocycles. The summed E-state index contributed by atoms with van der Waals surface area (Å²) in [4.78, 5) is 33.0. The number of carbonyl (C=O) groups is 3. The summed E-state index contributed by atoms with van der Waals surface area (Å²) in [5.74, 6) is 0.678. The Kier molecular flexibility index (Phi) is 8.83. The third kappa shape index (κ3) is 7.47. The van der Waals surface area contributed by atoms with Crippen LogP contribution < -0.4 is 4.74 Å². The molecule has 25 heavy (non-hydrogen) atoms. The van der Waals surface area contributed by atoms with Crippen LogP contribution in [-0.2, 0) is 35.2 Å². The average molecular weight is 370 g/mol. The van der Waals surface area contributed by atoms with Gasteiger partial charge in [0.15, 0.2) is 5.44 Å². The van der Waals surface area contributed by atoms with Gasteiger partial charge in [0.1, 0.15) is 19.0 Å². The van der Waals surface area contributed by atoms with Crippen molar-refractivity contribution in [3.8, 4) is 5.75 Å². The number of thioether (sulfide) groups is 1. The van der Waals surface area contributed by atoms with Crippen LogP contribution in [0.2, 0.25) is 0 Å². The van der Waals surface area contributed by atoms with E-state index in [1.807, 2.05) is 12.1 Å². The van der Waals surface area contributed by atoms with E-state index in [1.165, 1.54) is 11.8 Å². The van der Waals surface area contributed by atoms with Gasteiger partial charge in [-0.2, -0.15) is 0 Å². The molecule has 1 aromatic carbocycles. The standard InChI is InChI=1S/C17H22O7S/c1-17(2,10-25-15(24-12-19)9-22-11-18)16(20)23-8-13-4-6-14(21-3)7-5-13/h4-7,11-12,15H,8-10H2,1-3H3. The lowest BCUT2D eigenvalue weighted by Gasteiger charge is -2.24. The average Bonchev–Trinajstić information content (AvgIpc) is 2.62. The molecule has 0 radical (unpaired) electrons. The van der Waals surface area contributed by atoms with Gasteiger partial charge in [0.2, 0.25) is 0 Å². The fraction of sp³-hybridized carbons (Fsp3) is 0.471. The van der Waals surface area contributed by atoms with Gasteiger partial charge in [-0.3, -0.25) is 14.4 Å². The number of rotatable bonds is 12. The molecule has 138 valence electrons. The molecule has 0 spiro atoms. The van der Waals surface area contributed by atoms with Crippen molar-refractivity contribution in [3.05, 3.63) is 29.8 Å². The second-order valence-corrected chi connectivity index (χ2v) is 6.86. The van der Waals surface area contributed by atoms with Gasteiger partial charge in [0, 0.05) is 5.75 Å². The van der Waals surface area contributed by atoms with Crippen LogP contribution in [0.1, 0.15) is 19.4 Å². The van der Waals surface area contributed by atoms with Crippen molar-refractivity contribution in [2.24, 2.45) is 5.41 Å². The highest BCUT2D eigenvalue weighted by Gasteiger charge is 2.31. The zero-order valence-electron chi connectivity index (χ0n) is 14.4. The van der Waals surface area contributed by atoms with E-state index < -0.39 is 10.9 Å². The summed E-state index contributed by atoms with van der Waals surface area (Å²) in [5, 5.41) is 0. The number of methoxy groups -OCH3 is 1. The summed E-state index contributed by atoms with van der Waals surface area (Å²) in [6.45, 7) is 4.09. The molecule has 0 bridgehead atoms. The molecule has 1 unspecified atom stereocenters. The largest absolute Gasteiger partial charge is 0.497 e. The van der Waals surface area contributed by atoms with Crippen LogP contribution in [0.25, 0.3) is 0 Å². The highest BCUT2D eigenvalue weighted by molar-refractivity contribution is 7.99. The molecule has 1 atom stereocenters. The summed E-state index contributed by atoms with van der Waals surface area (Å²) >= 11 is 1.19. The number of benzene rings is 1. The summed E-state index contributed by atoms with van der Waals surface area (Å²) in [6.07, 6.45) is 0. The molecule has 1 aromatic rings. The SMILES string of the molecule is COc1ccc(COC(=O)C(C)(C)CSC(COC=O)OC=O)cc1. The minimum Gasteiger partial charge on any atom is -0.497 e. The van der Waals surface area contributed by atoms with Crippen molar-refractivity contribution in [1.82, 2.24) is 0 Å². The predicted molar refractivity (Wildman–Crippen MR) is 92.0 cm³/mol. The highest BCUT2D eigenvalue weighted by atomic mass is 32.2. The summed E-state index contributed by atoms with van der Waals surface area (Å²) in [7, 11) is 1.58. The summed E-state index contributed by atoms with van der Waals surface area (Å²) < 4.78 is 19.8. The van der Waals surface area contributed by atoms with Crippen molar-refractivity contribution in [3.63, 3.8) is 0 Å². The Morgan fingerprint density at radius 3 is 2.44 bits per heavy atom. The first-order valence-electron chi connectivity index (χ1n) is 7.49. The van der Waals surface area contributed by atoms with Crippen LogP contribution in [0.15, 0.2) is 24.3 Å². The quantitative estimate of drug-likeness (QED) is 0.239. The molecule has 0 aromatic heterocycles. The van der Waals surface area contributed by atoms with Crippen molar-refractivity contribution in [2.45, 2.75) is 25.9 Å². The first-order valence-corrected chi connectivity index (χ1v) is 8.54. The van der Waals surface area contributed by atoms with E-state index in [0.29, 0.717) is 5.75 Å². The Hall–Kier alpha value is -2.22. The van der Waals surface area contributed by atoms with Crippen LogP contribution in [0, 0.1) is 5.41 Å². The van der Waals surface area contributed by atoms with Gasteiger partial charge in [-0.05, 0) is 31.5 Å². The number of hydrogen-bond acceptors (Lipinski definition) is 8. The summed E-state index contributed by atoms with van der Waals surface area (Å²) in [6, 6.07) is 7.22. The van der Waals surface area contributed by atoms with Gasteiger partial charge >= 0.3 is 5.97 Å². The topological polar surface area (TPSA) is 88.1 Å². The van der Waals surface area contributed by atoms with Gasteiger partial charge in [-0.15, -0.1) is 11.8 Å². The number of ether oxygens (including phenoxy) is 4. The van der Waals surface area contributed by atoms with E-state index in [4.69, 9.17) is 14.2 Å². The lowest BCUT2D eigenvalue weighted by atomic mass is 9.97. The Bertz CT molecular complexity index is 557. The third-order valence-electron chi connectivity index (χ3n) is 3.22. The van der Waals surface area contributed by atoms with Gasteiger partial charge in [-0.1, -0.05) is 12.1 Å². The molecule has 7 nitrogen and oxygen atoms in total. The van der Waals surface area contributed by atoms with Gasteiger partial charge in [0.25, 0.3) is 12.9 Å². The Morgan fingerprint density at radius 2 is 1.88 bits per heavy atom. The maximum atomic E-state index is 12.3. The van der Waals surface area contributed by atoms with Crippen molar-refractivity contribution >= 4 is 30.7 Å². The zero-order valence-corrected chi connectivity index (χ0v) is 15.2. The van der Waals surface area contributed by atoms with Crippen LogP contribution >= 0.6 is 11.8 Å². The normalized spacial score (nSPS) is 12.0. The van der Waals surface area contributed by atoms with Gasteiger partial charge in [0.05, 0.1) is 12.5 Å². The maximum absolute atomic E-state index is 12.3. The van der Waals surface area contributed by atoms with Crippen molar-refractivity contribution in [2.75, 3.05) is 19.5 Å². The Labute approximate surface area is 151 Å². The van der Waals surface area contributed by atoms with E-state index in [0.717, 1.165) is 11.3 Å². The maximum Gasteiger partial charge on any atom is 0.312 e. The van der Waals surface area contributed by atoms with Crippen LogP contribution in [0.4, 0.5) is 0 Å². The molecule has 0 aliphatic rings. The molecule has 8 heteroatoms. The minimum absolute atomic E-state index is 0.0795. The van der Waals surface area contributed by atoms with Crippen LogP contribution in [0.5, 0.6) is 5.75 Å². The molecule has 0 fully saturated rings. The second-order valence-electron chi connectivity index (χ2n) is 5.71. The molecule has 0 amide bonds. The molecular formula is C17H22O7S. The number of carbonyl (C=O) groups excluding carboxylic acids is 3. The van der Waals surface area contributed by atoms with Gasteiger partial charge in [-0.25, -0.2) is 0 Å². The lowest BCUT2D eigenvalue weighted by Crippen LogP contribution is -2.31. The smallest absolute Gasteiger partial charge is 0.312 e. The zero-order chi connectivity index (χ0) is 18.7.